The first kappa shape index (κ1) is 17.3. The smallest absolute Gasteiger partial charge is 0.129 e. The van der Waals surface area contributed by atoms with Gasteiger partial charge in [-0.1, -0.05) is 37.7 Å². The van der Waals surface area contributed by atoms with Crippen LogP contribution in [-0.4, -0.2) is 57.6 Å². The molecule has 22 heavy (non-hydrogen) atoms. The summed E-state index contributed by atoms with van der Waals surface area (Å²) < 4.78 is 0. The van der Waals surface area contributed by atoms with E-state index in [4.69, 9.17) is 0 Å². The first-order valence-electron chi connectivity index (χ1n) is 8.45. The second-order valence-electron chi connectivity index (χ2n) is 7.45. The van der Waals surface area contributed by atoms with Crippen LogP contribution in [0.2, 0.25) is 19.6 Å². The average molecular weight is 315 g/mol. The van der Waals surface area contributed by atoms with Gasteiger partial charge >= 0.3 is 0 Å². The van der Waals surface area contributed by atoms with E-state index in [-0.39, 0.29) is 0 Å². The van der Waals surface area contributed by atoms with Crippen LogP contribution in [0.4, 0.5) is 0 Å². The molecule has 120 valence electrons. The highest BCUT2D eigenvalue weighted by Gasteiger charge is 2.12. The van der Waals surface area contributed by atoms with Crippen molar-refractivity contribution in [3.8, 4) is 11.5 Å². The second kappa shape index (κ2) is 7.96. The van der Waals surface area contributed by atoms with Gasteiger partial charge in [0.1, 0.15) is 8.07 Å². The van der Waals surface area contributed by atoms with E-state index in [1.165, 1.54) is 50.3 Å². The van der Waals surface area contributed by atoms with Gasteiger partial charge in [0, 0.05) is 31.7 Å². The van der Waals surface area contributed by atoms with Gasteiger partial charge in [0.15, 0.2) is 0 Å². The van der Waals surface area contributed by atoms with E-state index in [0.29, 0.717) is 0 Å². The maximum Gasteiger partial charge on any atom is 0.129 e. The summed E-state index contributed by atoms with van der Waals surface area (Å²) >= 11 is 0. The molecule has 3 heteroatoms. The summed E-state index contributed by atoms with van der Waals surface area (Å²) in [6, 6.07) is 8.80. The highest BCUT2D eigenvalue weighted by molar-refractivity contribution is 6.83. The molecule has 0 spiro atoms. The molecular weight excluding hydrogens is 284 g/mol. The van der Waals surface area contributed by atoms with Gasteiger partial charge in [0.25, 0.3) is 0 Å². The Balaban J connectivity index is 1.81. The van der Waals surface area contributed by atoms with Gasteiger partial charge in [-0.25, -0.2) is 0 Å². The molecule has 0 saturated carbocycles. The number of piperazine rings is 1. The molecule has 0 N–H and O–H groups in total. The first-order valence-corrected chi connectivity index (χ1v) is 12.0. The van der Waals surface area contributed by atoms with Crippen LogP contribution < -0.4 is 0 Å². The van der Waals surface area contributed by atoms with Crippen LogP contribution in [0.3, 0.4) is 0 Å². The molecule has 0 bridgehead atoms. The fourth-order valence-electron chi connectivity index (χ4n) is 2.64. The summed E-state index contributed by atoms with van der Waals surface area (Å²) in [5.74, 6) is 3.37. The van der Waals surface area contributed by atoms with Crippen LogP contribution in [0.5, 0.6) is 0 Å². The predicted molar refractivity (Wildman–Crippen MR) is 98.9 cm³/mol. The Hall–Kier alpha value is -1.08. The summed E-state index contributed by atoms with van der Waals surface area (Å²) in [6.07, 6.45) is 2.41. The van der Waals surface area contributed by atoms with Crippen LogP contribution >= 0.6 is 0 Å². The van der Waals surface area contributed by atoms with E-state index >= 15 is 0 Å². The Kier molecular flexibility index (Phi) is 6.25. The largest absolute Gasteiger partial charge is 0.304 e. The molecule has 1 aromatic rings. The van der Waals surface area contributed by atoms with Crippen molar-refractivity contribution in [2.75, 3.05) is 39.8 Å². The molecular formula is C19H30N2Si. The van der Waals surface area contributed by atoms with Crippen molar-refractivity contribution in [1.82, 2.24) is 9.80 Å². The van der Waals surface area contributed by atoms with Gasteiger partial charge in [-0.2, -0.15) is 0 Å². The molecule has 0 atom stereocenters. The van der Waals surface area contributed by atoms with E-state index < -0.39 is 8.07 Å². The van der Waals surface area contributed by atoms with E-state index in [1.54, 1.807) is 0 Å². The Morgan fingerprint density at radius 2 is 1.82 bits per heavy atom. The standard InChI is InChI=1S/C19H30N2Si/c1-20-12-14-21(15-13-20)11-6-9-18-7-5-8-19(17-18)10-16-22(2,3)4/h5,7-8,17H,6,9,11-15H2,1-4H3. The highest BCUT2D eigenvalue weighted by Crippen LogP contribution is 2.09. The van der Waals surface area contributed by atoms with Crippen molar-refractivity contribution in [3.63, 3.8) is 0 Å². The molecule has 1 aromatic carbocycles. The SMILES string of the molecule is CN1CCN(CCCc2cccc(C#C[Si](C)(C)C)c2)CC1. The minimum Gasteiger partial charge on any atom is -0.304 e. The molecule has 1 aliphatic heterocycles. The van der Waals surface area contributed by atoms with Gasteiger partial charge in [0.2, 0.25) is 0 Å². The second-order valence-corrected chi connectivity index (χ2v) is 12.2. The molecule has 1 saturated heterocycles. The lowest BCUT2D eigenvalue weighted by atomic mass is 10.1. The number of rotatable bonds is 4. The molecule has 0 radical (unpaired) electrons. The van der Waals surface area contributed by atoms with Crippen molar-refractivity contribution in [2.45, 2.75) is 32.5 Å². The molecule has 0 unspecified atom stereocenters. The van der Waals surface area contributed by atoms with E-state index in [2.05, 4.69) is 72.2 Å². The summed E-state index contributed by atoms with van der Waals surface area (Å²) in [5.41, 5.74) is 6.06. The number of hydrogen-bond donors (Lipinski definition) is 0. The third kappa shape index (κ3) is 6.35. The Morgan fingerprint density at radius 3 is 2.50 bits per heavy atom. The number of likely N-dealkylation sites (N-methyl/N-ethyl adjacent to an activating group) is 1. The lowest BCUT2D eigenvalue weighted by Crippen LogP contribution is -2.44. The predicted octanol–water partition coefficient (Wildman–Crippen LogP) is 3.10. The fourth-order valence-corrected chi connectivity index (χ4v) is 3.16. The molecule has 1 aliphatic rings. The maximum absolute atomic E-state index is 3.45. The Morgan fingerprint density at radius 1 is 1.09 bits per heavy atom. The normalized spacial score (nSPS) is 17.1. The minimum absolute atomic E-state index is 1.16. The summed E-state index contributed by atoms with van der Waals surface area (Å²) in [4.78, 5) is 5.01. The van der Waals surface area contributed by atoms with Crippen LogP contribution in [0, 0.1) is 11.5 Å². The summed E-state index contributed by atoms with van der Waals surface area (Å²) in [6.45, 7) is 13.0. The monoisotopic (exact) mass is 314 g/mol. The van der Waals surface area contributed by atoms with Crippen molar-refractivity contribution in [3.05, 3.63) is 35.4 Å². The fraction of sp³-hybridized carbons (Fsp3) is 0.579. The lowest BCUT2D eigenvalue weighted by molar-refractivity contribution is 0.153. The van der Waals surface area contributed by atoms with E-state index in [1.807, 2.05) is 0 Å². The summed E-state index contributed by atoms with van der Waals surface area (Å²) in [7, 11) is 0.930. The van der Waals surface area contributed by atoms with Crippen LogP contribution in [0.1, 0.15) is 17.5 Å². The maximum atomic E-state index is 3.45. The van der Waals surface area contributed by atoms with Crippen LogP contribution in [0.25, 0.3) is 0 Å². The molecule has 0 amide bonds. The zero-order chi connectivity index (χ0) is 16.0. The topological polar surface area (TPSA) is 6.48 Å². The Bertz CT molecular complexity index is 528. The first-order chi connectivity index (χ1) is 10.4. The lowest BCUT2D eigenvalue weighted by Gasteiger charge is -2.32. The van der Waals surface area contributed by atoms with Gasteiger partial charge in [0.05, 0.1) is 0 Å². The van der Waals surface area contributed by atoms with Gasteiger partial charge in [-0.3, -0.25) is 0 Å². The van der Waals surface area contributed by atoms with Crippen molar-refractivity contribution >= 4 is 8.07 Å². The van der Waals surface area contributed by atoms with Gasteiger partial charge in [-0.05, 0) is 44.1 Å². The average Bonchev–Trinajstić information content (AvgIpc) is 2.47. The number of nitrogens with zero attached hydrogens (tertiary/aromatic N) is 2. The van der Waals surface area contributed by atoms with Gasteiger partial charge in [-0.15, -0.1) is 5.54 Å². The molecule has 1 fully saturated rings. The quantitative estimate of drug-likeness (QED) is 0.622. The third-order valence-electron chi connectivity index (χ3n) is 4.04. The Labute approximate surface area is 137 Å². The van der Waals surface area contributed by atoms with Crippen molar-refractivity contribution in [1.29, 1.82) is 0 Å². The molecule has 2 rings (SSSR count). The van der Waals surface area contributed by atoms with Crippen molar-refractivity contribution in [2.24, 2.45) is 0 Å². The number of hydrogen-bond acceptors (Lipinski definition) is 2. The molecule has 0 aliphatic carbocycles. The number of benzene rings is 1. The van der Waals surface area contributed by atoms with Gasteiger partial charge < -0.3 is 9.80 Å². The molecule has 0 aromatic heterocycles. The van der Waals surface area contributed by atoms with Crippen molar-refractivity contribution < 1.29 is 0 Å². The van der Waals surface area contributed by atoms with Crippen LogP contribution in [-0.2, 0) is 6.42 Å². The van der Waals surface area contributed by atoms with E-state index in [0.717, 1.165) is 6.42 Å². The number of aryl methyl sites for hydroxylation is 1. The third-order valence-corrected chi connectivity index (χ3v) is 4.92. The van der Waals surface area contributed by atoms with E-state index in [9.17, 15) is 0 Å². The van der Waals surface area contributed by atoms with Crippen LogP contribution in [0.15, 0.2) is 24.3 Å². The molecule has 2 nitrogen and oxygen atoms in total. The molecule has 1 heterocycles. The summed E-state index contributed by atoms with van der Waals surface area (Å²) in [5, 5.41) is 0. The zero-order valence-corrected chi connectivity index (χ0v) is 15.7. The minimum atomic E-state index is -1.28. The zero-order valence-electron chi connectivity index (χ0n) is 14.7. The highest BCUT2D eigenvalue weighted by atomic mass is 28.3.